The van der Waals surface area contributed by atoms with E-state index in [-0.39, 0.29) is 17.3 Å². The molecule has 3 rings (SSSR count). The van der Waals surface area contributed by atoms with Crippen molar-refractivity contribution in [3.05, 3.63) is 82.0 Å². The highest BCUT2D eigenvalue weighted by Crippen LogP contribution is 2.20. The highest BCUT2D eigenvalue weighted by Gasteiger charge is 2.19. The van der Waals surface area contributed by atoms with Gasteiger partial charge in [0.25, 0.3) is 5.91 Å². The first-order valence-electron chi connectivity index (χ1n) is 8.90. The number of rotatable bonds is 8. The number of sulfonamides is 1. The molecule has 0 aliphatic carbocycles. The molecule has 0 aliphatic rings. The van der Waals surface area contributed by atoms with E-state index in [4.69, 9.17) is 4.74 Å². The summed E-state index contributed by atoms with van der Waals surface area (Å²) in [6.45, 7) is 0.558. The van der Waals surface area contributed by atoms with Gasteiger partial charge in [0.15, 0.2) is 0 Å². The highest BCUT2D eigenvalue weighted by atomic mass is 32.2. The maximum atomic E-state index is 12.8. The van der Waals surface area contributed by atoms with Crippen LogP contribution in [0.5, 0.6) is 5.75 Å². The zero-order valence-corrected chi connectivity index (χ0v) is 17.8. The number of methoxy groups -OCH3 is 1. The van der Waals surface area contributed by atoms with Crippen LogP contribution < -0.4 is 9.46 Å². The third-order valence-electron chi connectivity index (χ3n) is 4.35. The zero-order chi connectivity index (χ0) is 20.9. The van der Waals surface area contributed by atoms with Gasteiger partial charge in [0.1, 0.15) is 5.75 Å². The normalized spacial score (nSPS) is 11.2. The Morgan fingerprint density at radius 3 is 2.62 bits per heavy atom. The van der Waals surface area contributed by atoms with Crippen LogP contribution in [0.1, 0.15) is 20.8 Å². The smallest absolute Gasteiger partial charge is 0.253 e. The first kappa shape index (κ1) is 21.0. The molecule has 3 aromatic rings. The fraction of sp³-hybridized carbons (Fsp3) is 0.190. The fourth-order valence-electron chi connectivity index (χ4n) is 2.84. The van der Waals surface area contributed by atoms with Crippen molar-refractivity contribution >= 4 is 27.3 Å². The molecule has 8 heteroatoms. The van der Waals surface area contributed by atoms with E-state index >= 15 is 0 Å². The molecule has 1 heterocycles. The molecule has 0 atom stereocenters. The van der Waals surface area contributed by atoms with Crippen LogP contribution >= 0.6 is 11.3 Å². The standard InChI is InChI=1S/C21H22N2O4S2/c1-23(15-17-7-3-4-11-20(17)27-2)21(24)16-8-5-10-19(13-16)29(25,26)22-14-18-9-6-12-28-18/h3-13,22H,14-15H2,1-2H3. The maximum absolute atomic E-state index is 12.8. The van der Waals surface area contributed by atoms with Crippen molar-refractivity contribution < 1.29 is 17.9 Å². The Balaban J connectivity index is 1.74. The molecule has 0 saturated heterocycles. The molecule has 29 heavy (non-hydrogen) atoms. The molecule has 0 radical (unpaired) electrons. The Hall–Kier alpha value is -2.68. The van der Waals surface area contributed by atoms with Crippen molar-refractivity contribution in [2.24, 2.45) is 0 Å². The highest BCUT2D eigenvalue weighted by molar-refractivity contribution is 7.89. The molecule has 2 aromatic carbocycles. The number of benzene rings is 2. The van der Waals surface area contributed by atoms with Gasteiger partial charge >= 0.3 is 0 Å². The third-order valence-corrected chi connectivity index (χ3v) is 6.63. The molecule has 6 nitrogen and oxygen atoms in total. The van der Waals surface area contributed by atoms with Crippen LogP contribution in [0.2, 0.25) is 0 Å². The quantitative estimate of drug-likeness (QED) is 0.593. The lowest BCUT2D eigenvalue weighted by atomic mass is 10.1. The Morgan fingerprint density at radius 1 is 1.10 bits per heavy atom. The van der Waals surface area contributed by atoms with Gasteiger partial charge in [-0.2, -0.15) is 0 Å². The number of ether oxygens (including phenoxy) is 1. The number of hydrogen-bond donors (Lipinski definition) is 1. The first-order chi connectivity index (χ1) is 13.9. The first-order valence-corrected chi connectivity index (χ1v) is 11.3. The lowest BCUT2D eigenvalue weighted by molar-refractivity contribution is 0.0784. The molecule has 1 amide bonds. The van der Waals surface area contributed by atoms with Gasteiger partial charge in [-0.25, -0.2) is 13.1 Å². The van der Waals surface area contributed by atoms with Crippen molar-refractivity contribution in [3.8, 4) is 5.75 Å². The van der Waals surface area contributed by atoms with E-state index in [1.807, 2.05) is 41.8 Å². The number of para-hydroxylation sites is 1. The van der Waals surface area contributed by atoms with Crippen LogP contribution in [0, 0.1) is 0 Å². The summed E-state index contributed by atoms with van der Waals surface area (Å²) in [5.41, 5.74) is 1.17. The summed E-state index contributed by atoms with van der Waals surface area (Å²) < 4.78 is 33.1. The average Bonchev–Trinajstić information content (AvgIpc) is 3.26. The van der Waals surface area contributed by atoms with Crippen molar-refractivity contribution in [3.63, 3.8) is 0 Å². The van der Waals surface area contributed by atoms with Gasteiger partial charge in [0.2, 0.25) is 10.0 Å². The Bertz CT molecular complexity index is 1080. The van der Waals surface area contributed by atoms with Gasteiger partial charge in [0.05, 0.1) is 12.0 Å². The van der Waals surface area contributed by atoms with E-state index in [2.05, 4.69) is 4.72 Å². The van der Waals surface area contributed by atoms with Gasteiger partial charge in [-0.15, -0.1) is 11.3 Å². The van der Waals surface area contributed by atoms with Crippen molar-refractivity contribution in [2.45, 2.75) is 18.0 Å². The van der Waals surface area contributed by atoms with E-state index in [9.17, 15) is 13.2 Å². The summed E-state index contributed by atoms with van der Waals surface area (Å²) >= 11 is 1.48. The van der Waals surface area contributed by atoms with Crippen LogP contribution in [0.3, 0.4) is 0 Å². The molecule has 0 unspecified atom stereocenters. The zero-order valence-electron chi connectivity index (χ0n) is 16.2. The molecule has 1 aromatic heterocycles. The van der Waals surface area contributed by atoms with Crippen LogP contribution in [0.25, 0.3) is 0 Å². The van der Waals surface area contributed by atoms with Gasteiger partial charge < -0.3 is 9.64 Å². The third kappa shape index (κ3) is 5.23. The topological polar surface area (TPSA) is 75.7 Å². The number of carbonyl (C=O) groups is 1. The minimum Gasteiger partial charge on any atom is -0.496 e. The Morgan fingerprint density at radius 2 is 1.90 bits per heavy atom. The summed E-state index contributed by atoms with van der Waals surface area (Å²) in [7, 11) is -0.469. The molecule has 1 N–H and O–H groups in total. The number of carbonyl (C=O) groups excluding carboxylic acids is 1. The number of amides is 1. The summed E-state index contributed by atoms with van der Waals surface area (Å²) in [6, 6.07) is 17.3. The second-order valence-corrected chi connectivity index (χ2v) is 9.20. The minimum absolute atomic E-state index is 0.0607. The predicted octanol–water partition coefficient (Wildman–Crippen LogP) is 3.51. The summed E-state index contributed by atoms with van der Waals surface area (Å²) in [4.78, 5) is 15.3. The van der Waals surface area contributed by atoms with Crippen LogP contribution in [0.15, 0.2) is 70.9 Å². The molecular weight excluding hydrogens is 408 g/mol. The molecule has 0 aliphatic heterocycles. The summed E-state index contributed by atoms with van der Waals surface area (Å²) in [6.07, 6.45) is 0. The monoisotopic (exact) mass is 430 g/mol. The SMILES string of the molecule is COc1ccccc1CN(C)C(=O)c1cccc(S(=O)(=O)NCc2cccs2)c1. The minimum atomic E-state index is -3.72. The molecule has 152 valence electrons. The van der Waals surface area contributed by atoms with Gasteiger partial charge in [0, 0.05) is 36.1 Å². The maximum Gasteiger partial charge on any atom is 0.253 e. The molecule has 0 bridgehead atoms. The largest absolute Gasteiger partial charge is 0.496 e. The van der Waals surface area contributed by atoms with E-state index in [1.54, 1.807) is 26.3 Å². The van der Waals surface area contributed by atoms with Crippen molar-refractivity contribution in [1.29, 1.82) is 0 Å². The lowest BCUT2D eigenvalue weighted by Crippen LogP contribution is -2.27. The second-order valence-electron chi connectivity index (χ2n) is 6.40. The second kappa shape index (κ2) is 9.21. The van der Waals surface area contributed by atoms with E-state index in [0.29, 0.717) is 17.9 Å². The molecular formula is C21H22N2O4S2. The average molecular weight is 431 g/mol. The van der Waals surface area contributed by atoms with E-state index in [0.717, 1.165) is 10.4 Å². The predicted molar refractivity (Wildman–Crippen MR) is 114 cm³/mol. The van der Waals surface area contributed by atoms with Crippen LogP contribution in [-0.4, -0.2) is 33.4 Å². The Kier molecular flexibility index (Phi) is 6.68. The van der Waals surface area contributed by atoms with Crippen molar-refractivity contribution in [2.75, 3.05) is 14.2 Å². The Labute approximate surface area is 174 Å². The molecule has 0 spiro atoms. The van der Waals surface area contributed by atoms with Crippen molar-refractivity contribution in [1.82, 2.24) is 9.62 Å². The fourth-order valence-corrected chi connectivity index (χ4v) is 4.63. The van der Waals surface area contributed by atoms with Gasteiger partial charge in [-0.1, -0.05) is 30.3 Å². The van der Waals surface area contributed by atoms with Gasteiger partial charge in [-0.3, -0.25) is 4.79 Å². The van der Waals surface area contributed by atoms with Crippen LogP contribution in [-0.2, 0) is 23.1 Å². The summed E-state index contributed by atoms with van der Waals surface area (Å²) in [5.74, 6) is 0.424. The van der Waals surface area contributed by atoms with Gasteiger partial charge in [-0.05, 0) is 35.7 Å². The van der Waals surface area contributed by atoms with E-state index in [1.165, 1.54) is 28.4 Å². The lowest BCUT2D eigenvalue weighted by Gasteiger charge is -2.19. The molecule has 0 fully saturated rings. The number of hydrogen-bond acceptors (Lipinski definition) is 5. The number of thiophene rings is 1. The number of nitrogens with one attached hydrogen (secondary N) is 1. The number of nitrogens with zero attached hydrogens (tertiary/aromatic N) is 1. The van der Waals surface area contributed by atoms with E-state index < -0.39 is 10.0 Å². The molecule has 0 saturated carbocycles. The summed E-state index contributed by atoms with van der Waals surface area (Å²) in [5, 5.41) is 1.89. The van der Waals surface area contributed by atoms with Crippen LogP contribution in [0.4, 0.5) is 0 Å².